The van der Waals surface area contributed by atoms with E-state index in [2.05, 4.69) is 4.72 Å². The molecule has 0 amide bonds. The summed E-state index contributed by atoms with van der Waals surface area (Å²) < 4.78 is 89.3. The Bertz CT molecular complexity index is 1480. The van der Waals surface area contributed by atoms with E-state index in [1.165, 1.54) is 24.3 Å². The highest BCUT2D eigenvalue weighted by Gasteiger charge is 2.34. The van der Waals surface area contributed by atoms with Crippen molar-refractivity contribution in [3.05, 3.63) is 100 Å². The summed E-state index contributed by atoms with van der Waals surface area (Å²) in [5, 5.41) is 0. The molecule has 11 heteroatoms. The number of nitrogens with one attached hydrogen (secondary N) is 1. The van der Waals surface area contributed by atoms with Crippen LogP contribution in [-0.4, -0.2) is 16.6 Å². The molecule has 4 aromatic rings. The molecule has 1 N–H and O–H groups in total. The van der Waals surface area contributed by atoms with E-state index in [0.29, 0.717) is 10.4 Å². The largest absolute Gasteiger partial charge is 0.491 e. The maximum atomic E-state index is 14.7. The van der Waals surface area contributed by atoms with Crippen LogP contribution in [0.5, 0.6) is 5.75 Å². The fourth-order valence-electron chi connectivity index (χ4n) is 3.51. The van der Waals surface area contributed by atoms with Crippen molar-refractivity contribution in [2.24, 2.45) is 0 Å². The quantitative estimate of drug-likeness (QED) is 0.183. The number of rotatable bonds is 8. The summed E-state index contributed by atoms with van der Waals surface area (Å²) in [6.45, 7) is 1.76. The first kappa shape index (κ1) is 26.5. The molecule has 1 heterocycles. The summed E-state index contributed by atoms with van der Waals surface area (Å²) in [5.74, 6) is -3.20. The van der Waals surface area contributed by atoms with Gasteiger partial charge in [-0.2, -0.15) is 13.2 Å². The summed E-state index contributed by atoms with van der Waals surface area (Å²) in [6.07, 6.45) is -4.67. The first-order valence-electron chi connectivity index (χ1n) is 10.8. The number of carbonyl (C=O) groups is 1. The lowest BCUT2D eigenvalue weighted by Crippen LogP contribution is -2.13. The normalized spacial score (nSPS) is 12.3. The second kappa shape index (κ2) is 10.8. The molecule has 0 saturated carbocycles. The van der Waals surface area contributed by atoms with Gasteiger partial charge >= 0.3 is 6.18 Å². The van der Waals surface area contributed by atoms with Gasteiger partial charge in [0.2, 0.25) is 5.78 Å². The Balaban J connectivity index is 1.59. The van der Waals surface area contributed by atoms with Gasteiger partial charge in [0.05, 0.1) is 27.5 Å². The van der Waals surface area contributed by atoms with Crippen LogP contribution >= 0.6 is 11.3 Å². The molecule has 0 bridgehead atoms. The van der Waals surface area contributed by atoms with E-state index in [9.17, 15) is 31.0 Å². The highest BCUT2D eigenvalue weighted by molar-refractivity contribution is 7.86. The third kappa shape index (κ3) is 5.72. The average Bonchev–Trinajstić information content (AvgIpc) is 3.36. The Kier molecular flexibility index (Phi) is 7.74. The minimum atomic E-state index is -4.67. The lowest BCUT2D eigenvalue weighted by molar-refractivity contribution is -0.139. The van der Waals surface area contributed by atoms with Gasteiger partial charge in [-0.05, 0) is 61.0 Å². The van der Waals surface area contributed by atoms with Crippen LogP contribution in [0.3, 0.4) is 0 Å². The van der Waals surface area contributed by atoms with E-state index in [4.69, 9.17) is 4.74 Å². The molecule has 1 atom stereocenters. The Morgan fingerprint density at radius 2 is 1.76 bits per heavy atom. The van der Waals surface area contributed by atoms with E-state index < -0.39 is 50.6 Å². The van der Waals surface area contributed by atoms with Crippen LogP contribution in [0, 0.1) is 11.6 Å². The second-order valence-corrected chi connectivity index (χ2v) is 9.87. The van der Waals surface area contributed by atoms with Crippen LogP contribution in [-0.2, 0) is 17.2 Å². The van der Waals surface area contributed by atoms with Crippen LogP contribution in [0.2, 0.25) is 0 Å². The second-order valence-electron chi connectivity index (χ2n) is 7.61. The SMILES string of the molecule is CCOc1ccc(F)c(C(=O)c2ccc(-c3cccc(NS(=O)c4ccccc4C(F)(F)F)c3)s2)c1F. The van der Waals surface area contributed by atoms with Gasteiger partial charge in [0.1, 0.15) is 5.82 Å². The van der Waals surface area contributed by atoms with E-state index in [-0.39, 0.29) is 22.9 Å². The lowest BCUT2D eigenvalue weighted by Gasteiger charge is -2.13. The molecule has 4 rings (SSSR count). The van der Waals surface area contributed by atoms with E-state index in [1.54, 1.807) is 31.2 Å². The van der Waals surface area contributed by atoms with Crippen molar-refractivity contribution in [1.82, 2.24) is 0 Å². The third-order valence-electron chi connectivity index (χ3n) is 5.16. The third-order valence-corrected chi connectivity index (χ3v) is 7.47. The molecule has 0 radical (unpaired) electrons. The number of halogens is 5. The van der Waals surface area contributed by atoms with Crippen molar-refractivity contribution in [3.63, 3.8) is 0 Å². The zero-order valence-electron chi connectivity index (χ0n) is 19.1. The first-order valence-corrected chi connectivity index (χ1v) is 12.8. The molecule has 3 aromatic carbocycles. The molecule has 0 fully saturated rings. The van der Waals surface area contributed by atoms with E-state index in [1.807, 2.05) is 0 Å². The molecular weight excluding hydrogens is 533 g/mol. The monoisotopic (exact) mass is 551 g/mol. The number of hydrogen-bond acceptors (Lipinski definition) is 4. The molecule has 4 nitrogen and oxygen atoms in total. The van der Waals surface area contributed by atoms with Crippen molar-refractivity contribution >= 4 is 33.8 Å². The number of carbonyl (C=O) groups excluding carboxylic acids is 1. The number of ketones is 1. The summed E-state index contributed by atoms with van der Waals surface area (Å²) in [6, 6.07) is 16.0. The lowest BCUT2D eigenvalue weighted by atomic mass is 10.1. The standard InChI is InChI=1S/C26H18F5NO3S2/c1-2-35-19-11-10-18(27)23(24(19)28)25(33)21-13-12-20(36-21)15-6-5-7-16(14-15)32-37(34)22-9-4-3-8-17(22)26(29,30)31/h3-14,32H,2H2,1H3. The fourth-order valence-corrected chi connectivity index (χ4v) is 5.49. The predicted octanol–water partition coefficient (Wildman–Crippen LogP) is 7.48. The highest BCUT2D eigenvalue weighted by atomic mass is 32.2. The summed E-state index contributed by atoms with van der Waals surface area (Å²) in [4.78, 5) is 13.1. The molecule has 37 heavy (non-hydrogen) atoms. The summed E-state index contributed by atoms with van der Waals surface area (Å²) in [5.41, 5.74) is -0.908. The minimum absolute atomic E-state index is 0.0718. The molecule has 1 unspecified atom stereocenters. The maximum Gasteiger partial charge on any atom is 0.417 e. The number of anilines is 1. The zero-order valence-corrected chi connectivity index (χ0v) is 20.7. The maximum absolute atomic E-state index is 14.7. The Morgan fingerprint density at radius 1 is 1.00 bits per heavy atom. The molecule has 0 aliphatic rings. The van der Waals surface area contributed by atoms with Gasteiger partial charge in [0.15, 0.2) is 22.6 Å². The van der Waals surface area contributed by atoms with Crippen LogP contribution < -0.4 is 9.46 Å². The van der Waals surface area contributed by atoms with Crippen molar-refractivity contribution in [2.45, 2.75) is 18.0 Å². The zero-order chi connectivity index (χ0) is 26.7. The van der Waals surface area contributed by atoms with Crippen molar-refractivity contribution in [1.29, 1.82) is 0 Å². The van der Waals surface area contributed by atoms with E-state index in [0.717, 1.165) is 35.6 Å². The van der Waals surface area contributed by atoms with Crippen LogP contribution in [0.15, 0.2) is 77.7 Å². The van der Waals surface area contributed by atoms with Crippen molar-refractivity contribution < 1.29 is 35.7 Å². The van der Waals surface area contributed by atoms with Gasteiger partial charge in [0.25, 0.3) is 0 Å². The highest BCUT2D eigenvalue weighted by Crippen LogP contribution is 2.35. The summed E-state index contributed by atoms with van der Waals surface area (Å²) in [7, 11) is -2.21. The van der Waals surface area contributed by atoms with Gasteiger partial charge in [-0.25, -0.2) is 13.0 Å². The smallest absolute Gasteiger partial charge is 0.417 e. The summed E-state index contributed by atoms with van der Waals surface area (Å²) >= 11 is 0.979. The Morgan fingerprint density at radius 3 is 2.49 bits per heavy atom. The van der Waals surface area contributed by atoms with Crippen LogP contribution in [0.1, 0.15) is 27.7 Å². The van der Waals surface area contributed by atoms with E-state index >= 15 is 0 Å². The molecule has 0 aliphatic heterocycles. The van der Waals surface area contributed by atoms with Gasteiger partial charge in [-0.15, -0.1) is 11.3 Å². The molecule has 0 saturated heterocycles. The molecular formula is C26H18F5NO3S2. The first-order chi connectivity index (χ1) is 17.6. The van der Waals surface area contributed by atoms with Gasteiger partial charge in [0, 0.05) is 10.6 Å². The molecule has 0 aliphatic carbocycles. The predicted molar refractivity (Wildman–Crippen MR) is 132 cm³/mol. The molecule has 0 spiro atoms. The number of ether oxygens (including phenoxy) is 1. The Labute approximate surface area is 215 Å². The van der Waals surface area contributed by atoms with Gasteiger partial charge in [-0.3, -0.25) is 4.79 Å². The number of thiophene rings is 1. The fraction of sp³-hybridized carbons (Fsp3) is 0.115. The minimum Gasteiger partial charge on any atom is -0.491 e. The average molecular weight is 552 g/mol. The number of hydrogen-bond donors (Lipinski definition) is 1. The molecule has 1 aromatic heterocycles. The number of benzene rings is 3. The van der Waals surface area contributed by atoms with Crippen molar-refractivity contribution in [3.8, 4) is 16.2 Å². The van der Waals surface area contributed by atoms with Crippen molar-refractivity contribution in [2.75, 3.05) is 11.3 Å². The van der Waals surface area contributed by atoms with Gasteiger partial charge < -0.3 is 9.46 Å². The van der Waals surface area contributed by atoms with Gasteiger partial charge in [-0.1, -0.05) is 24.3 Å². The number of alkyl halides is 3. The molecule has 192 valence electrons. The Hall–Kier alpha value is -3.57. The van der Waals surface area contributed by atoms with Crippen LogP contribution in [0.25, 0.3) is 10.4 Å². The topological polar surface area (TPSA) is 55.4 Å². The van der Waals surface area contributed by atoms with Crippen LogP contribution in [0.4, 0.5) is 27.6 Å².